The Hall–Kier alpha value is -0.160. The van der Waals surface area contributed by atoms with E-state index in [1.54, 1.807) is 7.11 Å². The molecule has 0 spiro atoms. The van der Waals surface area contributed by atoms with Crippen LogP contribution in [0.2, 0.25) is 0 Å². The first-order valence-corrected chi connectivity index (χ1v) is 4.26. The molecule has 74 valence electrons. The Morgan fingerprint density at radius 2 is 1.58 bits per heavy atom. The van der Waals surface area contributed by atoms with Crippen molar-refractivity contribution in [1.29, 1.82) is 0 Å². The maximum absolute atomic E-state index is 5.24. The number of rotatable bonds is 9. The molecule has 0 rings (SSSR count). The Morgan fingerprint density at radius 1 is 0.917 bits per heavy atom. The van der Waals surface area contributed by atoms with E-state index in [1.807, 2.05) is 0 Å². The average molecular weight is 177 g/mol. The minimum atomic E-state index is 0.588. The van der Waals surface area contributed by atoms with Crippen LogP contribution >= 0.6 is 0 Å². The van der Waals surface area contributed by atoms with Gasteiger partial charge in [-0.1, -0.05) is 0 Å². The maximum Gasteiger partial charge on any atom is 0.0700 e. The third-order valence-corrected chi connectivity index (χ3v) is 1.27. The summed E-state index contributed by atoms with van der Waals surface area (Å²) < 4.78 is 15.2. The quantitative estimate of drug-likeness (QED) is 0.504. The molecule has 0 aromatic rings. The highest BCUT2D eigenvalue weighted by molar-refractivity contribution is 4.36. The lowest BCUT2D eigenvalue weighted by atomic mass is 10.5. The standard InChI is InChI=1S/C8H19NO3/c1-10-7-8-12-5-2-4-11-6-3-9/h2-9H2,1H3. The number of methoxy groups -OCH3 is 1. The van der Waals surface area contributed by atoms with Gasteiger partial charge in [-0.15, -0.1) is 0 Å². The molecule has 4 nitrogen and oxygen atoms in total. The molecule has 0 atom stereocenters. The summed E-state index contributed by atoms with van der Waals surface area (Å²) >= 11 is 0. The monoisotopic (exact) mass is 177 g/mol. The van der Waals surface area contributed by atoms with E-state index < -0.39 is 0 Å². The predicted octanol–water partition coefficient (Wildman–Crippen LogP) is 0.0148. The van der Waals surface area contributed by atoms with Gasteiger partial charge in [-0.2, -0.15) is 0 Å². The van der Waals surface area contributed by atoms with Crippen molar-refractivity contribution in [3.8, 4) is 0 Å². The maximum atomic E-state index is 5.24. The molecule has 0 fully saturated rings. The van der Waals surface area contributed by atoms with Gasteiger partial charge in [0.25, 0.3) is 0 Å². The minimum Gasteiger partial charge on any atom is -0.382 e. The Morgan fingerprint density at radius 3 is 2.17 bits per heavy atom. The summed E-state index contributed by atoms with van der Waals surface area (Å²) in [5, 5.41) is 0. The topological polar surface area (TPSA) is 53.7 Å². The highest BCUT2D eigenvalue weighted by atomic mass is 16.5. The van der Waals surface area contributed by atoms with Gasteiger partial charge in [-0.3, -0.25) is 0 Å². The van der Waals surface area contributed by atoms with Gasteiger partial charge in [0.05, 0.1) is 19.8 Å². The first-order chi connectivity index (χ1) is 5.91. The molecule has 0 aliphatic carbocycles. The molecule has 0 bridgehead atoms. The summed E-state index contributed by atoms with van der Waals surface area (Å²) in [6, 6.07) is 0. The molecule has 0 aliphatic heterocycles. The molecule has 0 unspecified atom stereocenters. The van der Waals surface area contributed by atoms with Crippen molar-refractivity contribution in [3.05, 3.63) is 0 Å². The largest absolute Gasteiger partial charge is 0.382 e. The van der Waals surface area contributed by atoms with Crippen molar-refractivity contribution in [2.75, 3.05) is 46.7 Å². The zero-order chi connectivity index (χ0) is 9.07. The zero-order valence-corrected chi connectivity index (χ0v) is 7.75. The molecular weight excluding hydrogens is 158 g/mol. The third-order valence-electron chi connectivity index (χ3n) is 1.27. The average Bonchev–Trinajstić information content (AvgIpc) is 2.10. The van der Waals surface area contributed by atoms with E-state index in [-0.39, 0.29) is 0 Å². The predicted molar refractivity (Wildman–Crippen MR) is 47.2 cm³/mol. The molecule has 0 radical (unpaired) electrons. The van der Waals surface area contributed by atoms with E-state index >= 15 is 0 Å². The van der Waals surface area contributed by atoms with E-state index in [9.17, 15) is 0 Å². The van der Waals surface area contributed by atoms with Crippen molar-refractivity contribution < 1.29 is 14.2 Å². The molecule has 0 saturated heterocycles. The SMILES string of the molecule is COCCOCCCOCCN. The molecular formula is C8H19NO3. The second-order valence-electron chi connectivity index (χ2n) is 2.36. The summed E-state index contributed by atoms with van der Waals surface area (Å²) in [5.74, 6) is 0. The normalized spacial score (nSPS) is 10.5. The van der Waals surface area contributed by atoms with Crippen molar-refractivity contribution in [2.45, 2.75) is 6.42 Å². The van der Waals surface area contributed by atoms with Crippen LogP contribution in [0.15, 0.2) is 0 Å². The summed E-state index contributed by atoms with van der Waals surface area (Å²) in [5.41, 5.74) is 5.24. The number of hydrogen-bond donors (Lipinski definition) is 1. The van der Waals surface area contributed by atoms with Gasteiger partial charge in [-0.25, -0.2) is 0 Å². The van der Waals surface area contributed by atoms with Crippen LogP contribution in [0.4, 0.5) is 0 Å². The molecule has 12 heavy (non-hydrogen) atoms. The van der Waals surface area contributed by atoms with Crippen molar-refractivity contribution in [1.82, 2.24) is 0 Å². The van der Waals surface area contributed by atoms with Crippen LogP contribution in [0.25, 0.3) is 0 Å². The molecule has 0 amide bonds. The molecule has 0 aliphatic rings. The fourth-order valence-electron chi connectivity index (χ4n) is 0.693. The first kappa shape index (κ1) is 11.8. The van der Waals surface area contributed by atoms with Crippen LogP contribution < -0.4 is 5.73 Å². The third kappa shape index (κ3) is 9.84. The molecule has 0 aromatic heterocycles. The number of nitrogens with two attached hydrogens (primary N) is 1. The fraction of sp³-hybridized carbons (Fsp3) is 1.00. The molecule has 4 heteroatoms. The lowest BCUT2D eigenvalue weighted by molar-refractivity contribution is 0.0526. The van der Waals surface area contributed by atoms with Gasteiger partial charge in [0.15, 0.2) is 0 Å². The Kier molecular flexibility index (Phi) is 10.7. The van der Waals surface area contributed by atoms with Crippen LogP contribution in [0.1, 0.15) is 6.42 Å². The van der Waals surface area contributed by atoms with Crippen LogP contribution in [0.3, 0.4) is 0 Å². The van der Waals surface area contributed by atoms with Crippen LogP contribution in [-0.2, 0) is 14.2 Å². The minimum absolute atomic E-state index is 0.588. The number of hydrogen-bond acceptors (Lipinski definition) is 4. The van der Waals surface area contributed by atoms with Crippen LogP contribution in [-0.4, -0.2) is 46.7 Å². The second-order valence-corrected chi connectivity index (χ2v) is 2.36. The molecule has 2 N–H and O–H groups in total. The molecule has 0 heterocycles. The van der Waals surface area contributed by atoms with E-state index in [1.165, 1.54) is 0 Å². The Labute approximate surface area is 74.0 Å². The van der Waals surface area contributed by atoms with Gasteiger partial charge >= 0.3 is 0 Å². The summed E-state index contributed by atoms with van der Waals surface area (Å²) in [6.07, 6.45) is 0.920. The molecule has 0 aromatic carbocycles. The Balaban J connectivity index is 2.73. The van der Waals surface area contributed by atoms with Gasteiger partial charge in [-0.05, 0) is 6.42 Å². The van der Waals surface area contributed by atoms with E-state index in [4.69, 9.17) is 19.9 Å². The van der Waals surface area contributed by atoms with Crippen molar-refractivity contribution in [2.24, 2.45) is 5.73 Å². The van der Waals surface area contributed by atoms with Gasteiger partial charge in [0.2, 0.25) is 0 Å². The highest BCUT2D eigenvalue weighted by Gasteiger charge is 1.89. The van der Waals surface area contributed by atoms with Crippen molar-refractivity contribution >= 4 is 0 Å². The molecule has 0 saturated carbocycles. The summed E-state index contributed by atoms with van der Waals surface area (Å²) in [7, 11) is 1.66. The highest BCUT2D eigenvalue weighted by Crippen LogP contribution is 1.84. The summed E-state index contributed by atoms with van der Waals surface area (Å²) in [6.45, 7) is 4.00. The van der Waals surface area contributed by atoms with Crippen LogP contribution in [0.5, 0.6) is 0 Å². The second kappa shape index (κ2) is 10.8. The van der Waals surface area contributed by atoms with Gasteiger partial charge in [0, 0.05) is 26.9 Å². The van der Waals surface area contributed by atoms with Gasteiger partial charge < -0.3 is 19.9 Å². The fourth-order valence-corrected chi connectivity index (χ4v) is 0.693. The van der Waals surface area contributed by atoms with E-state index in [0.717, 1.165) is 19.6 Å². The summed E-state index contributed by atoms with van der Waals surface area (Å²) in [4.78, 5) is 0. The van der Waals surface area contributed by atoms with Crippen molar-refractivity contribution in [3.63, 3.8) is 0 Å². The first-order valence-electron chi connectivity index (χ1n) is 4.26. The lowest BCUT2D eigenvalue weighted by Gasteiger charge is -2.03. The van der Waals surface area contributed by atoms with Crippen LogP contribution in [0, 0.1) is 0 Å². The van der Waals surface area contributed by atoms with Gasteiger partial charge in [0.1, 0.15) is 0 Å². The smallest absolute Gasteiger partial charge is 0.0700 e. The zero-order valence-electron chi connectivity index (χ0n) is 7.75. The lowest BCUT2D eigenvalue weighted by Crippen LogP contribution is -2.10. The Bertz CT molecular complexity index is 70.7. The van der Waals surface area contributed by atoms with E-state index in [2.05, 4.69) is 0 Å². The number of ether oxygens (including phenoxy) is 3. The van der Waals surface area contributed by atoms with E-state index in [0.29, 0.717) is 26.4 Å².